The lowest BCUT2D eigenvalue weighted by atomic mass is 10.1. The Morgan fingerprint density at radius 3 is 2.78 bits per heavy atom. The Hall–Kier alpha value is -1.42. The van der Waals surface area contributed by atoms with Crippen LogP contribution in [0, 0.1) is 0 Å². The van der Waals surface area contributed by atoms with Gasteiger partial charge in [0.15, 0.2) is 5.78 Å². The molecule has 0 bridgehead atoms. The van der Waals surface area contributed by atoms with Crippen LogP contribution in [0.4, 0.5) is 0 Å². The van der Waals surface area contributed by atoms with Gasteiger partial charge < -0.3 is 4.74 Å². The van der Waals surface area contributed by atoms with Crippen LogP contribution in [0.25, 0.3) is 0 Å². The minimum Gasteiger partial charge on any atom is -0.358 e. The van der Waals surface area contributed by atoms with Gasteiger partial charge in [0.05, 0.1) is 0 Å². The van der Waals surface area contributed by atoms with Crippen LogP contribution in [-0.2, 0) is 11.2 Å². The van der Waals surface area contributed by atoms with Gasteiger partial charge in [-0.1, -0.05) is 6.92 Å². The molecule has 0 saturated carbocycles. The van der Waals surface area contributed by atoms with Crippen molar-refractivity contribution >= 4 is 5.78 Å². The van der Waals surface area contributed by atoms with Crippen LogP contribution in [0.1, 0.15) is 55.4 Å². The fourth-order valence-corrected chi connectivity index (χ4v) is 2.52. The Bertz CT molecular complexity index is 498. The van der Waals surface area contributed by atoms with E-state index in [4.69, 9.17) is 4.74 Å². The number of hydrogen-bond acceptors (Lipinski definition) is 3. The van der Waals surface area contributed by atoms with Crippen LogP contribution in [-0.4, -0.2) is 17.0 Å². The Morgan fingerprint density at radius 2 is 2.22 bits per heavy atom. The van der Waals surface area contributed by atoms with Crippen molar-refractivity contribution < 1.29 is 9.53 Å². The molecular weight excluding hydrogens is 230 g/mol. The zero-order valence-electron chi connectivity index (χ0n) is 10.9. The predicted octanol–water partition coefficient (Wildman–Crippen LogP) is 2.31. The molecule has 1 atom stereocenters. The first-order valence-electron chi connectivity index (χ1n) is 6.52. The molecule has 4 heteroatoms. The first kappa shape index (κ1) is 13.0. The Kier molecular flexibility index (Phi) is 3.97. The number of carbonyl (C=O) groups excluding carboxylic acids is 1. The van der Waals surface area contributed by atoms with Crippen molar-refractivity contribution in [2.75, 3.05) is 6.61 Å². The average molecular weight is 249 g/mol. The highest BCUT2D eigenvalue weighted by Gasteiger charge is 2.21. The molecule has 1 saturated heterocycles. The number of pyridine rings is 1. The highest BCUT2D eigenvalue weighted by Crippen LogP contribution is 2.23. The van der Waals surface area contributed by atoms with Crippen molar-refractivity contribution in [1.82, 2.24) is 4.57 Å². The molecule has 0 aliphatic carbocycles. The summed E-state index contributed by atoms with van der Waals surface area (Å²) < 4.78 is 7.34. The van der Waals surface area contributed by atoms with E-state index in [9.17, 15) is 9.59 Å². The second-order valence-corrected chi connectivity index (χ2v) is 4.63. The van der Waals surface area contributed by atoms with E-state index in [0.717, 1.165) is 25.0 Å². The van der Waals surface area contributed by atoms with Gasteiger partial charge >= 0.3 is 0 Å². The van der Waals surface area contributed by atoms with Gasteiger partial charge in [0, 0.05) is 23.9 Å². The second-order valence-electron chi connectivity index (χ2n) is 4.63. The number of Topliss-reactive ketones (excluding diaryl/α,β-unsaturated/α-hetero) is 1. The zero-order valence-corrected chi connectivity index (χ0v) is 10.9. The maximum absolute atomic E-state index is 12.0. The summed E-state index contributed by atoms with van der Waals surface area (Å²) in [4.78, 5) is 23.7. The summed E-state index contributed by atoms with van der Waals surface area (Å²) in [5, 5.41) is 0. The quantitative estimate of drug-likeness (QED) is 0.772. The largest absolute Gasteiger partial charge is 0.358 e. The molecular formula is C14H19NO3. The highest BCUT2D eigenvalue weighted by molar-refractivity contribution is 5.95. The van der Waals surface area contributed by atoms with Crippen LogP contribution >= 0.6 is 0 Å². The molecule has 1 aliphatic heterocycles. The van der Waals surface area contributed by atoms with Gasteiger partial charge in [-0.15, -0.1) is 0 Å². The molecule has 4 nitrogen and oxygen atoms in total. The standard InChI is InChI=1S/C14H19NO3/c1-3-12-11(10(2)16)7-8-13(17)15(12)14-6-4-5-9-18-14/h7-8,14H,3-6,9H2,1-2H3. The van der Waals surface area contributed by atoms with Gasteiger partial charge in [0.2, 0.25) is 0 Å². The van der Waals surface area contributed by atoms with Crippen molar-refractivity contribution in [3.05, 3.63) is 33.7 Å². The van der Waals surface area contributed by atoms with E-state index in [-0.39, 0.29) is 17.6 Å². The van der Waals surface area contributed by atoms with Gasteiger partial charge in [-0.05, 0) is 38.7 Å². The minimum atomic E-state index is -0.208. The summed E-state index contributed by atoms with van der Waals surface area (Å²) in [5.74, 6) is -0.00332. The topological polar surface area (TPSA) is 48.3 Å². The summed E-state index contributed by atoms with van der Waals surface area (Å²) >= 11 is 0. The van der Waals surface area contributed by atoms with Gasteiger partial charge in [-0.25, -0.2) is 0 Å². The SMILES string of the molecule is CCc1c(C(C)=O)ccc(=O)n1C1CCCCO1. The van der Waals surface area contributed by atoms with E-state index in [1.54, 1.807) is 10.6 Å². The lowest BCUT2D eigenvalue weighted by Gasteiger charge is -2.27. The van der Waals surface area contributed by atoms with Crippen molar-refractivity contribution in [3.63, 3.8) is 0 Å². The second kappa shape index (κ2) is 5.48. The molecule has 0 aromatic carbocycles. The monoisotopic (exact) mass is 249 g/mol. The summed E-state index contributed by atoms with van der Waals surface area (Å²) in [5.41, 5.74) is 1.34. The molecule has 18 heavy (non-hydrogen) atoms. The van der Waals surface area contributed by atoms with E-state index in [1.165, 1.54) is 13.0 Å². The fourth-order valence-electron chi connectivity index (χ4n) is 2.52. The molecule has 1 fully saturated rings. The molecule has 0 amide bonds. The smallest absolute Gasteiger partial charge is 0.252 e. The number of hydrogen-bond donors (Lipinski definition) is 0. The molecule has 1 unspecified atom stereocenters. The van der Waals surface area contributed by atoms with Gasteiger partial charge in [-0.2, -0.15) is 0 Å². The maximum Gasteiger partial charge on any atom is 0.252 e. The molecule has 0 N–H and O–H groups in total. The lowest BCUT2D eigenvalue weighted by Crippen LogP contribution is -2.32. The Labute approximate surface area is 107 Å². The lowest BCUT2D eigenvalue weighted by molar-refractivity contribution is -0.0356. The van der Waals surface area contributed by atoms with Crippen molar-refractivity contribution in [2.24, 2.45) is 0 Å². The average Bonchev–Trinajstić information content (AvgIpc) is 2.38. The first-order chi connectivity index (χ1) is 8.65. The number of carbonyl (C=O) groups is 1. The number of aromatic nitrogens is 1. The predicted molar refractivity (Wildman–Crippen MR) is 68.9 cm³/mol. The van der Waals surface area contributed by atoms with Crippen LogP contribution in [0.2, 0.25) is 0 Å². The van der Waals surface area contributed by atoms with E-state index in [1.807, 2.05) is 6.92 Å². The third-order valence-corrected chi connectivity index (χ3v) is 3.39. The van der Waals surface area contributed by atoms with Gasteiger partial charge in [-0.3, -0.25) is 14.2 Å². The molecule has 2 heterocycles. The number of rotatable bonds is 3. The summed E-state index contributed by atoms with van der Waals surface area (Å²) in [6.45, 7) is 4.18. The fraction of sp³-hybridized carbons (Fsp3) is 0.571. The van der Waals surface area contributed by atoms with Crippen LogP contribution in [0.5, 0.6) is 0 Å². The summed E-state index contributed by atoms with van der Waals surface area (Å²) in [7, 11) is 0. The Balaban J connectivity index is 2.52. The van der Waals surface area contributed by atoms with Crippen molar-refractivity contribution in [1.29, 1.82) is 0 Å². The molecule has 1 aliphatic rings. The van der Waals surface area contributed by atoms with Crippen LogP contribution in [0.15, 0.2) is 16.9 Å². The van der Waals surface area contributed by atoms with Crippen LogP contribution < -0.4 is 5.56 Å². The molecule has 0 radical (unpaired) electrons. The Morgan fingerprint density at radius 1 is 1.44 bits per heavy atom. The normalized spacial score (nSPS) is 19.8. The number of ether oxygens (including phenoxy) is 1. The molecule has 0 spiro atoms. The summed E-state index contributed by atoms with van der Waals surface area (Å²) in [6, 6.07) is 3.09. The maximum atomic E-state index is 12.0. The highest BCUT2D eigenvalue weighted by atomic mass is 16.5. The molecule has 1 aromatic heterocycles. The third-order valence-electron chi connectivity index (χ3n) is 3.39. The molecule has 1 aromatic rings. The van der Waals surface area contributed by atoms with E-state index in [2.05, 4.69) is 0 Å². The van der Waals surface area contributed by atoms with E-state index in [0.29, 0.717) is 18.6 Å². The van der Waals surface area contributed by atoms with Crippen LogP contribution in [0.3, 0.4) is 0 Å². The minimum absolute atomic E-state index is 0.00332. The molecule has 2 rings (SSSR count). The third kappa shape index (κ3) is 2.38. The van der Waals surface area contributed by atoms with E-state index >= 15 is 0 Å². The number of ketones is 1. The van der Waals surface area contributed by atoms with Gasteiger partial charge in [0.25, 0.3) is 5.56 Å². The zero-order chi connectivity index (χ0) is 13.1. The summed E-state index contributed by atoms with van der Waals surface area (Å²) in [6.07, 6.45) is 3.39. The van der Waals surface area contributed by atoms with Crippen molar-refractivity contribution in [2.45, 2.75) is 45.8 Å². The first-order valence-corrected chi connectivity index (χ1v) is 6.52. The van der Waals surface area contributed by atoms with Crippen molar-refractivity contribution in [3.8, 4) is 0 Å². The van der Waals surface area contributed by atoms with E-state index < -0.39 is 0 Å². The number of nitrogens with zero attached hydrogens (tertiary/aromatic N) is 1. The van der Waals surface area contributed by atoms with Gasteiger partial charge in [0.1, 0.15) is 6.23 Å². The molecule has 98 valence electrons.